The minimum atomic E-state index is 0. The van der Waals surface area contributed by atoms with Crippen molar-refractivity contribution in [2.24, 2.45) is 5.92 Å². The quantitative estimate of drug-likeness (QED) is 0.903. The second-order valence-corrected chi connectivity index (χ2v) is 6.16. The zero-order chi connectivity index (χ0) is 16.2. The Kier molecular flexibility index (Phi) is 6.52. The summed E-state index contributed by atoms with van der Waals surface area (Å²) in [4.78, 5) is 14.7. The molecule has 1 aromatic rings. The van der Waals surface area contributed by atoms with E-state index in [2.05, 4.69) is 5.32 Å². The Hall–Kier alpha value is -1.72. The van der Waals surface area contributed by atoms with Crippen LogP contribution in [0, 0.1) is 5.92 Å². The zero-order valence-corrected chi connectivity index (χ0v) is 15.0. The zero-order valence-electron chi connectivity index (χ0n) is 14.2. The van der Waals surface area contributed by atoms with Gasteiger partial charge in [0.05, 0.1) is 12.7 Å². The third-order valence-corrected chi connectivity index (χ3v) is 4.60. The lowest BCUT2D eigenvalue weighted by molar-refractivity contribution is -0.128. The van der Waals surface area contributed by atoms with Crippen LogP contribution in [-0.2, 0) is 4.79 Å². The van der Waals surface area contributed by atoms with E-state index in [-0.39, 0.29) is 18.3 Å². The van der Waals surface area contributed by atoms with E-state index in [9.17, 15) is 4.79 Å². The van der Waals surface area contributed by atoms with Crippen molar-refractivity contribution in [1.29, 1.82) is 0 Å². The first-order chi connectivity index (χ1) is 11.2. The Bertz CT molecular complexity index is 610. The standard InChI is InChI=1S/C18H24N2O3.ClH/c1-19-11-13-5-7-20(8-6-13)18(21)15-9-14-10-16(22-2)3-4-17(14)23-12-15;/h3-4,9-10,13,19H,5-8,11-12H2,1-2H3;1H. The first kappa shape index (κ1) is 18.6. The van der Waals surface area contributed by atoms with Crippen molar-refractivity contribution in [2.45, 2.75) is 12.8 Å². The van der Waals surface area contributed by atoms with Crippen LogP contribution in [0.4, 0.5) is 0 Å². The lowest BCUT2D eigenvalue weighted by Crippen LogP contribution is -2.42. The van der Waals surface area contributed by atoms with Crippen molar-refractivity contribution in [2.75, 3.05) is 40.4 Å². The van der Waals surface area contributed by atoms with E-state index < -0.39 is 0 Å². The van der Waals surface area contributed by atoms with Crippen LogP contribution < -0.4 is 14.8 Å². The molecule has 0 atom stereocenters. The predicted molar refractivity (Wildman–Crippen MR) is 96.9 cm³/mol. The highest BCUT2D eigenvalue weighted by molar-refractivity contribution is 5.99. The van der Waals surface area contributed by atoms with Crippen molar-refractivity contribution in [3.05, 3.63) is 29.3 Å². The Morgan fingerprint density at radius 2 is 2.12 bits per heavy atom. The minimum absolute atomic E-state index is 0. The second-order valence-electron chi connectivity index (χ2n) is 6.16. The molecule has 1 saturated heterocycles. The van der Waals surface area contributed by atoms with Crippen LogP contribution in [0.3, 0.4) is 0 Å². The lowest BCUT2D eigenvalue weighted by Gasteiger charge is -2.33. The molecule has 0 saturated carbocycles. The Morgan fingerprint density at radius 3 is 2.79 bits per heavy atom. The van der Waals surface area contributed by atoms with Crippen LogP contribution in [0.25, 0.3) is 6.08 Å². The van der Waals surface area contributed by atoms with E-state index in [0.29, 0.717) is 12.5 Å². The van der Waals surface area contributed by atoms with Crippen molar-refractivity contribution in [3.63, 3.8) is 0 Å². The number of nitrogens with zero attached hydrogens (tertiary/aromatic N) is 1. The Morgan fingerprint density at radius 1 is 1.38 bits per heavy atom. The molecule has 0 aromatic heterocycles. The number of methoxy groups -OCH3 is 1. The number of hydrogen-bond acceptors (Lipinski definition) is 4. The Labute approximate surface area is 149 Å². The molecule has 3 rings (SSSR count). The van der Waals surface area contributed by atoms with Gasteiger partial charge in [-0.25, -0.2) is 0 Å². The summed E-state index contributed by atoms with van der Waals surface area (Å²) in [7, 11) is 3.62. The van der Waals surface area contributed by atoms with Crippen molar-refractivity contribution >= 4 is 24.4 Å². The highest BCUT2D eigenvalue weighted by Crippen LogP contribution is 2.30. The van der Waals surface area contributed by atoms with Gasteiger partial charge in [0.15, 0.2) is 0 Å². The highest BCUT2D eigenvalue weighted by Gasteiger charge is 2.26. The van der Waals surface area contributed by atoms with Gasteiger partial charge in [-0.1, -0.05) is 0 Å². The van der Waals surface area contributed by atoms with Gasteiger partial charge >= 0.3 is 0 Å². The van der Waals surface area contributed by atoms with Gasteiger partial charge in [0, 0.05) is 18.7 Å². The molecular weight excluding hydrogens is 328 g/mol. The van der Waals surface area contributed by atoms with Crippen LogP contribution in [0.5, 0.6) is 11.5 Å². The van der Waals surface area contributed by atoms with Crippen LogP contribution >= 0.6 is 12.4 Å². The first-order valence-corrected chi connectivity index (χ1v) is 8.16. The SMILES string of the molecule is CNCC1CCN(C(=O)C2=Cc3cc(OC)ccc3OC2)CC1.Cl. The monoisotopic (exact) mass is 352 g/mol. The average molecular weight is 353 g/mol. The lowest BCUT2D eigenvalue weighted by atomic mass is 9.96. The van der Waals surface area contributed by atoms with E-state index in [4.69, 9.17) is 9.47 Å². The smallest absolute Gasteiger partial charge is 0.253 e. The molecule has 0 unspecified atom stereocenters. The molecular formula is C18H25ClN2O3. The second kappa shape index (κ2) is 8.40. The van der Waals surface area contributed by atoms with Crippen molar-refractivity contribution in [1.82, 2.24) is 10.2 Å². The first-order valence-electron chi connectivity index (χ1n) is 8.16. The normalized spacial score (nSPS) is 17.2. The molecule has 5 nitrogen and oxygen atoms in total. The number of benzene rings is 1. The summed E-state index contributed by atoms with van der Waals surface area (Å²) in [6.45, 7) is 3.02. The molecule has 132 valence electrons. The van der Waals surface area contributed by atoms with Gasteiger partial charge in [-0.15, -0.1) is 12.4 Å². The van der Waals surface area contributed by atoms with Crippen LogP contribution in [0.2, 0.25) is 0 Å². The number of piperidine rings is 1. The van der Waals surface area contributed by atoms with Crippen LogP contribution in [0.15, 0.2) is 23.8 Å². The third-order valence-electron chi connectivity index (χ3n) is 4.60. The molecule has 2 heterocycles. The van der Waals surface area contributed by atoms with Gasteiger partial charge in [-0.2, -0.15) is 0 Å². The van der Waals surface area contributed by atoms with Gasteiger partial charge in [0.25, 0.3) is 5.91 Å². The maximum absolute atomic E-state index is 12.7. The topological polar surface area (TPSA) is 50.8 Å². The molecule has 1 amide bonds. The van der Waals surface area contributed by atoms with Gasteiger partial charge in [-0.05, 0) is 56.6 Å². The van der Waals surface area contributed by atoms with Crippen molar-refractivity contribution < 1.29 is 14.3 Å². The summed E-state index contributed by atoms with van der Waals surface area (Å²) in [5, 5.41) is 3.22. The maximum atomic E-state index is 12.7. The van der Waals surface area contributed by atoms with Crippen LogP contribution in [0.1, 0.15) is 18.4 Å². The fourth-order valence-corrected chi connectivity index (χ4v) is 3.24. The van der Waals surface area contributed by atoms with Gasteiger partial charge in [-0.3, -0.25) is 4.79 Å². The number of ether oxygens (including phenoxy) is 2. The van der Waals surface area contributed by atoms with Crippen LogP contribution in [-0.4, -0.2) is 51.2 Å². The number of carbonyl (C=O) groups excluding carboxylic acids is 1. The predicted octanol–water partition coefficient (Wildman–Crippen LogP) is 2.35. The Balaban J connectivity index is 0.00000208. The summed E-state index contributed by atoms with van der Waals surface area (Å²) in [5.41, 5.74) is 1.63. The number of carbonyl (C=O) groups is 1. The summed E-state index contributed by atoms with van der Waals surface area (Å²) >= 11 is 0. The van der Waals surface area contributed by atoms with Gasteiger partial charge in [0.1, 0.15) is 18.1 Å². The third kappa shape index (κ3) is 4.02. The number of likely N-dealkylation sites (tertiary alicyclic amines) is 1. The number of amides is 1. The maximum Gasteiger partial charge on any atom is 0.253 e. The molecule has 1 aromatic carbocycles. The van der Waals surface area contributed by atoms with Crippen molar-refractivity contribution in [3.8, 4) is 11.5 Å². The van der Waals surface area contributed by atoms with E-state index >= 15 is 0 Å². The van der Waals surface area contributed by atoms with E-state index in [1.54, 1.807) is 7.11 Å². The van der Waals surface area contributed by atoms with Gasteiger partial charge < -0.3 is 19.7 Å². The molecule has 1 N–H and O–H groups in total. The molecule has 6 heteroatoms. The number of halogens is 1. The summed E-state index contributed by atoms with van der Waals surface area (Å²) in [6, 6.07) is 5.65. The molecule has 2 aliphatic heterocycles. The molecule has 2 aliphatic rings. The average Bonchev–Trinajstić information content (AvgIpc) is 2.61. The molecule has 24 heavy (non-hydrogen) atoms. The number of fused-ring (bicyclic) bond motifs is 1. The fourth-order valence-electron chi connectivity index (χ4n) is 3.24. The summed E-state index contributed by atoms with van der Waals surface area (Å²) in [6.07, 6.45) is 4.06. The number of rotatable bonds is 4. The summed E-state index contributed by atoms with van der Waals surface area (Å²) < 4.78 is 11.0. The highest BCUT2D eigenvalue weighted by atomic mass is 35.5. The molecule has 1 fully saturated rings. The van der Waals surface area contributed by atoms with E-state index in [0.717, 1.165) is 55.1 Å². The molecule has 0 spiro atoms. The molecule has 0 bridgehead atoms. The largest absolute Gasteiger partial charge is 0.497 e. The number of hydrogen-bond donors (Lipinski definition) is 1. The van der Waals surface area contributed by atoms with Gasteiger partial charge in [0.2, 0.25) is 0 Å². The fraction of sp³-hybridized carbons (Fsp3) is 0.500. The minimum Gasteiger partial charge on any atom is -0.497 e. The number of nitrogens with one attached hydrogen (secondary N) is 1. The molecule has 0 radical (unpaired) electrons. The summed E-state index contributed by atoms with van der Waals surface area (Å²) in [5.74, 6) is 2.34. The van der Waals surface area contributed by atoms with E-state index in [1.165, 1.54) is 0 Å². The molecule has 0 aliphatic carbocycles. The van der Waals surface area contributed by atoms with E-state index in [1.807, 2.05) is 36.2 Å².